The number of carbonyl (C=O) groups excluding carboxylic acids is 1. The molecular weight excluding hydrogens is 287 g/mol. The molecule has 0 aliphatic heterocycles. The molecule has 1 N–H and O–H groups in total. The molecule has 1 heterocycles. The lowest BCUT2D eigenvalue weighted by Gasteiger charge is -2.13. The van der Waals surface area contributed by atoms with E-state index < -0.39 is 17.7 Å². The Balaban J connectivity index is 2.10. The first-order valence-corrected chi connectivity index (χ1v) is 5.99. The molecule has 0 saturated carbocycles. The summed E-state index contributed by atoms with van der Waals surface area (Å²) >= 11 is 0. The van der Waals surface area contributed by atoms with Gasteiger partial charge in [0.2, 0.25) is 5.76 Å². The van der Waals surface area contributed by atoms with Gasteiger partial charge < -0.3 is 14.5 Å². The third-order valence-corrected chi connectivity index (χ3v) is 2.73. The fourth-order valence-corrected chi connectivity index (χ4v) is 1.75. The summed E-state index contributed by atoms with van der Waals surface area (Å²) in [5.41, 5.74) is -0.814. The van der Waals surface area contributed by atoms with Gasteiger partial charge in [-0.3, -0.25) is 0 Å². The van der Waals surface area contributed by atoms with Gasteiger partial charge in [-0.25, -0.2) is 4.79 Å². The molecule has 2 rings (SSSR count). The summed E-state index contributed by atoms with van der Waals surface area (Å²) in [4.78, 5) is 11.2. The topological polar surface area (TPSA) is 51.5 Å². The monoisotopic (exact) mass is 299 g/mol. The third-order valence-electron chi connectivity index (χ3n) is 2.73. The molecule has 7 heteroatoms. The Morgan fingerprint density at radius 3 is 2.62 bits per heavy atom. The van der Waals surface area contributed by atoms with E-state index in [-0.39, 0.29) is 18.0 Å². The van der Waals surface area contributed by atoms with E-state index in [1.807, 2.05) is 0 Å². The van der Waals surface area contributed by atoms with E-state index in [0.717, 1.165) is 6.07 Å². The van der Waals surface area contributed by atoms with Gasteiger partial charge in [-0.2, -0.15) is 13.2 Å². The van der Waals surface area contributed by atoms with Crippen molar-refractivity contribution in [2.24, 2.45) is 0 Å². The summed E-state index contributed by atoms with van der Waals surface area (Å²) in [6.45, 7) is 0.0179. The molecule has 0 aliphatic carbocycles. The minimum Gasteiger partial charge on any atom is -0.463 e. The quantitative estimate of drug-likeness (QED) is 0.875. The molecule has 0 atom stereocenters. The van der Waals surface area contributed by atoms with Gasteiger partial charge >= 0.3 is 12.1 Å². The average Bonchev–Trinajstić information content (AvgIpc) is 2.92. The first kappa shape index (κ1) is 15.0. The van der Waals surface area contributed by atoms with Crippen LogP contribution in [-0.4, -0.2) is 13.1 Å². The van der Waals surface area contributed by atoms with Crippen molar-refractivity contribution in [3.8, 4) is 0 Å². The molecule has 0 spiro atoms. The molecule has 0 radical (unpaired) electrons. The Bertz CT molecular complexity index is 634. The van der Waals surface area contributed by atoms with Crippen LogP contribution >= 0.6 is 0 Å². The minimum atomic E-state index is -4.44. The third kappa shape index (κ3) is 3.56. The SMILES string of the molecule is COC(=O)c1ccc(CNc2ccccc2C(F)(F)F)o1. The van der Waals surface area contributed by atoms with E-state index in [2.05, 4.69) is 10.1 Å². The number of furan rings is 1. The van der Waals surface area contributed by atoms with Crippen molar-refractivity contribution >= 4 is 11.7 Å². The number of ether oxygens (including phenoxy) is 1. The fourth-order valence-electron chi connectivity index (χ4n) is 1.75. The predicted molar refractivity (Wildman–Crippen MR) is 68.8 cm³/mol. The second kappa shape index (κ2) is 5.90. The minimum absolute atomic E-state index is 0.00148. The molecule has 0 bridgehead atoms. The number of hydrogen-bond donors (Lipinski definition) is 1. The zero-order valence-corrected chi connectivity index (χ0v) is 11.0. The zero-order valence-electron chi connectivity index (χ0n) is 11.0. The molecule has 4 nitrogen and oxygen atoms in total. The molecule has 0 saturated heterocycles. The Hall–Kier alpha value is -2.44. The number of hydrogen-bond acceptors (Lipinski definition) is 4. The predicted octanol–water partition coefficient (Wildman–Crippen LogP) is 3.70. The number of alkyl halides is 3. The lowest BCUT2D eigenvalue weighted by atomic mass is 10.1. The fraction of sp³-hybridized carbons (Fsp3) is 0.214. The maximum absolute atomic E-state index is 12.8. The van der Waals surface area contributed by atoms with Crippen molar-refractivity contribution < 1.29 is 27.1 Å². The summed E-state index contributed by atoms with van der Waals surface area (Å²) in [5.74, 6) is -0.317. The molecule has 112 valence electrons. The van der Waals surface area contributed by atoms with E-state index in [9.17, 15) is 18.0 Å². The van der Waals surface area contributed by atoms with Crippen molar-refractivity contribution in [3.63, 3.8) is 0 Å². The Morgan fingerprint density at radius 2 is 1.95 bits per heavy atom. The smallest absolute Gasteiger partial charge is 0.418 e. The average molecular weight is 299 g/mol. The zero-order chi connectivity index (χ0) is 15.5. The number of benzene rings is 1. The van der Waals surface area contributed by atoms with E-state index in [1.54, 1.807) is 0 Å². The van der Waals surface area contributed by atoms with Crippen LogP contribution in [-0.2, 0) is 17.5 Å². The molecule has 1 aromatic heterocycles. The first-order valence-electron chi connectivity index (χ1n) is 5.99. The number of methoxy groups -OCH3 is 1. The standard InChI is InChI=1S/C14H12F3NO3/c1-20-13(19)12-7-6-9(21-12)8-18-11-5-3-2-4-10(11)14(15,16)17/h2-7,18H,8H2,1H3. The summed E-state index contributed by atoms with van der Waals surface area (Å²) in [5, 5.41) is 2.64. The lowest BCUT2D eigenvalue weighted by Crippen LogP contribution is -2.10. The van der Waals surface area contributed by atoms with Crippen LogP contribution in [0.4, 0.5) is 18.9 Å². The first-order chi connectivity index (χ1) is 9.91. The van der Waals surface area contributed by atoms with E-state index >= 15 is 0 Å². The number of carbonyl (C=O) groups is 1. The molecule has 0 aliphatic rings. The van der Waals surface area contributed by atoms with Gasteiger partial charge in [0.25, 0.3) is 0 Å². The highest BCUT2D eigenvalue weighted by Crippen LogP contribution is 2.34. The summed E-state index contributed by atoms with van der Waals surface area (Å²) in [6.07, 6.45) is -4.44. The van der Waals surface area contributed by atoms with Gasteiger partial charge in [0.1, 0.15) is 5.76 Å². The van der Waals surface area contributed by atoms with Crippen LogP contribution in [0.2, 0.25) is 0 Å². The van der Waals surface area contributed by atoms with Crippen molar-refractivity contribution in [1.29, 1.82) is 0 Å². The number of halogens is 3. The largest absolute Gasteiger partial charge is 0.463 e. The number of nitrogens with one attached hydrogen (secondary N) is 1. The van der Waals surface area contributed by atoms with E-state index in [1.165, 1.54) is 37.4 Å². The van der Waals surface area contributed by atoms with Gasteiger partial charge in [-0.15, -0.1) is 0 Å². The van der Waals surface area contributed by atoms with Crippen molar-refractivity contribution in [2.45, 2.75) is 12.7 Å². The Morgan fingerprint density at radius 1 is 1.24 bits per heavy atom. The summed E-state index contributed by atoms with van der Waals surface area (Å²) in [7, 11) is 1.21. The Labute approximate surface area is 118 Å². The molecule has 21 heavy (non-hydrogen) atoms. The second-order valence-electron chi connectivity index (χ2n) is 4.15. The normalized spacial score (nSPS) is 11.2. The highest BCUT2D eigenvalue weighted by atomic mass is 19.4. The van der Waals surface area contributed by atoms with E-state index in [4.69, 9.17) is 4.42 Å². The molecule has 2 aromatic rings. The highest BCUT2D eigenvalue weighted by molar-refractivity contribution is 5.86. The number of esters is 1. The second-order valence-corrected chi connectivity index (χ2v) is 4.15. The van der Waals surface area contributed by atoms with Gasteiger partial charge in [0.05, 0.1) is 19.2 Å². The van der Waals surface area contributed by atoms with Gasteiger partial charge in [-0.1, -0.05) is 12.1 Å². The molecule has 0 unspecified atom stereocenters. The number of anilines is 1. The van der Waals surface area contributed by atoms with Crippen LogP contribution in [0.5, 0.6) is 0 Å². The van der Waals surface area contributed by atoms with E-state index in [0.29, 0.717) is 5.76 Å². The van der Waals surface area contributed by atoms with Crippen molar-refractivity contribution in [3.05, 3.63) is 53.5 Å². The lowest BCUT2D eigenvalue weighted by molar-refractivity contribution is -0.137. The van der Waals surface area contributed by atoms with Gasteiger partial charge in [-0.05, 0) is 24.3 Å². The summed E-state index contributed by atoms with van der Waals surface area (Å²) in [6, 6.07) is 8.03. The molecule has 1 aromatic carbocycles. The highest BCUT2D eigenvalue weighted by Gasteiger charge is 2.33. The maximum Gasteiger partial charge on any atom is 0.418 e. The van der Waals surface area contributed by atoms with Crippen LogP contribution in [0.15, 0.2) is 40.8 Å². The van der Waals surface area contributed by atoms with Crippen LogP contribution in [0.1, 0.15) is 21.9 Å². The number of rotatable bonds is 4. The van der Waals surface area contributed by atoms with Crippen molar-refractivity contribution in [1.82, 2.24) is 0 Å². The Kier molecular flexibility index (Phi) is 4.21. The molecule has 0 amide bonds. The van der Waals surface area contributed by atoms with Crippen LogP contribution in [0, 0.1) is 0 Å². The molecule has 0 fully saturated rings. The maximum atomic E-state index is 12.8. The van der Waals surface area contributed by atoms with Gasteiger partial charge in [0, 0.05) is 5.69 Å². The van der Waals surface area contributed by atoms with Crippen LogP contribution < -0.4 is 5.32 Å². The van der Waals surface area contributed by atoms with Crippen molar-refractivity contribution in [2.75, 3.05) is 12.4 Å². The summed E-state index contributed by atoms with van der Waals surface area (Å²) < 4.78 is 48.1. The molecular formula is C14H12F3NO3. The van der Waals surface area contributed by atoms with Crippen LogP contribution in [0.25, 0.3) is 0 Å². The number of para-hydroxylation sites is 1. The van der Waals surface area contributed by atoms with Gasteiger partial charge in [0.15, 0.2) is 0 Å². The van der Waals surface area contributed by atoms with Crippen LogP contribution in [0.3, 0.4) is 0 Å².